The van der Waals surface area contributed by atoms with Crippen molar-refractivity contribution in [3.8, 4) is 17.0 Å². The molecule has 26 heavy (non-hydrogen) atoms. The van der Waals surface area contributed by atoms with E-state index in [0.717, 1.165) is 41.8 Å². The predicted octanol–water partition coefficient (Wildman–Crippen LogP) is 4.34. The smallest absolute Gasteiger partial charge is 0.201 e. The Morgan fingerprint density at radius 2 is 1.77 bits per heavy atom. The van der Waals surface area contributed by atoms with Crippen molar-refractivity contribution in [3.63, 3.8) is 0 Å². The molecule has 0 atom stereocenters. The summed E-state index contributed by atoms with van der Waals surface area (Å²) in [6.07, 6.45) is 4.59. The fraction of sp³-hybridized carbons (Fsp3) is 0.200. The number of pyridine rings is 1. The van der Waals surface area contributed by atoms with E-state index in [4.69, 9.17) is 11.1 Å². The lowest BCUT2D eigenvalue weighted by Crippen LogP contribution is -2.10. The quantitative estimate of drug-likeness (QED) is 0.473. The Kier molecular flexibility index (Phi) is 3.83. The van der Waals surface area contributed by atoms with Gasteiger partial charge in [0.25, 0.3) is 0 Å². The molecule has 1 heterocycles. The fourth-order valence-electron chi connectivity index (χ4n) is 3.77. The van der Waals surface area contributed by atoms with Gasteiger partial charge in [-0.3, -0.25) is 0 Å². The number of nitrogen functional groups attached to an aromatic ring is 1. The molecular formula is C20H17F2N3O. The van der Waals surface area contributed by atoms with Gasteiger partial charge in [0.1, 0.15) is 0 Å². The zero-order valence-corrected chi connectivity index (χ0v) is 13.9. The third kappa shape index (κ3) is 2.33. The zero-order chi connectivity index (χ0) is 18.4. The first-order chi connectivity index (χ1) is 12.5. The molecular weight excluding hydrogens is 336 g/mol. The first-order valence-corrected chi connectivity index (χ1v) is 8.44. The number of nitrogens with one attached hydrogen (secondary N) is 1. The summed E-state index contributed by atoms with van der Waals surface area (Å²) in [4.78, 5) is 4.59. The summed E-state index contributed by atoms with van der Waals surface area (Å²) in [6.45, 7) is 0. The van der Waals surface area contributed by atoms with Crippen LogP contribution in [0.3, 0.4) is 0 Å². The minimum absolute atomic E-state index is 0.0357. The molecule has 0 unspecified atom stereocenters. The minimum atomic E-state index is -1.27. The van der Waals surface area contributed by atoms with Crippen molar-refractivity contribution in [1.82, 2.24) is 4.98 Å². The van der Waals surface area contributed by atoms with Gasteiger partial charge in [0, 0.05) is 28.4 Å². The molecule has 4 rings (SSSR count). The van der Waals surface area contributed by atoms with E-state index in [1.807, 2.05) is 0 Å². The Hall–Kier alpha value is -3.02. The van der Waals surface area contributed by atoms with Crippen molar-refractivity contribution in [2.24, 2.45) is 0 Å². The van der Waals surface area contributed by atoms with Crippen LogP contribution in [0.2, 0.25) is 0 Å². The molecule has 0 fully saturated rings. The van der Waals surface area contributed by atoms with Crippen LogP contribution in [0.1, 0.15) is 29.5 Å². The van der Waals surface area contributed by atoms with Gasteiger partial charge in [0.2, 0.25) is 5.82 Å². The summed E-state index contributed by atoms with van der Waals surface area (Å²) >= 11 is 0. The van der Waals surface area contributed by atoms with Crippen LogP contribution in [0, 0.1) is 17.0 Å². The van der Waals surface area contributed by atoms with E-state index in [1.165, 1.54) is 12.3 Å². The summed E-state index contributed by atoms with van der Waals surface area (Å²) in [5, 5.41) is 17.9. The van der Waals surface area contributed by atoms with Crippen LogP contribution >= 0.6 is 0 Å². The Morgan fingerprint density at radius 1 is 1.04 bits per heavy atom. The van der Waals surface area contributed by atoms with Gasteiger partial charge in [-0.25, -0.2) is 9.37 Å². The van der Waals surface area contributed by atoms with Crippen LogP contribution in [0.4, 0.5) is 14.5 Å². The number of phenols is 1. The molecule has 0 saturated heterocycles. The number of aryl methyl sites for hydroxylation is 1. The summed E-state index contributed by atoms with van der Waals surface area (Å²) in [5.41, 5.74) is 10.0. The van der Waals surface area contributed by atoms with Gasteiger partial charge < -0.3 is 16.2 Å². The van der Waals surface area contributed by atoms with Crippen molar-refractivity contribution in [2.75, 3.05) is 5.73 Å². The summed E-state index contributed by atoms with van der Waals surface area (Å²) in [7, 11) is 0. The standard InChI is InChI=1S/C20H17F2N3O/c21-18-12(5-8-16(26)19(18)22)20-11-4-2-1-3-10(11)17-13(9-23)14(24)6-7-15(17)25-20/h5-9,23,26H,1-4,24H2. The van der Waals surface area contributed by atoms with E-state index in [9.17, 15) is 13.9 Å². The lowest BCUT2D eigenvalue weighted by Gasteiger charge is -2.23. The second-order valence-corrected chi connectivity index (χ2v) is 6.49. The van der Waals surface area contributed by atoms with Crippen molar-refractivity contribution in [1.29, 1.82) is 5.41 Å². The average molecular weight is 353 g/mol. The number of nitrogens with two attached hydrogens (primary N) is 1. The number of fused-ring (bicyclic) bond motifs is 3. The Labute approximate surface area is 148 Å². The Bertz CT molecular complexity index is 1060. The minimum Gasteiger partial charge on any atom is -0.505 e. The van der Waals surface area contributed by atoms with Crippen molar-refractivity contribution >= 4 is 22.8 Å². The molecule has 0 aliphatic heterocycles. The topological polar surface area (TPSA) is 83.0 Å². The molecule has 0 saturated carbocycles. The van der Waals surface area contributed by atoms with Gasteiger partial charge in [0.15, 0.2) is 11.6 Å². The number of aromatic nitrogens is 1. The zero-order valence-electron chi connectivity index (χ0n) is 13.9. The van der Waals surface area contributed by atoms with E-state index in [1.54, 1.807) is 12.1 Å². The second kappa shape index (κ2) is 6.05. The van der Waals surface area contributed by atoms with E-state index in [-0.39, 0.29) is 5.56 Å². The molecule has 1 aliphatic rings. The van der Waals surface area contributed by atoms with Gasteiger partial charge in [-0.2, -0.15) is 4.39 Å². The molecule has 0 bridgehead atoms. The van der Waals surface area contributed by atoms with Crippen molar-refractivity contribution in [2.45, 2.75) is 25.7 Å². The first-order valence-electron chi connectivity index (χ1n) is 8.44. The number of benzene rings is 2. The fourth-order valence-corrected chi connectivity index (χ4v) is 3.77. The summed E-state index contributed by atoms with van der Waals surface area (Å²) < 4.78 is 28.4. The lowest BCUT2D eigenvalue weighted by molar-refractivity contribution is 0.408. The molecule has 4 nitrogen and oxygen atoms in total. The lowest BCUT2D eigenvalue weighted by atomic mass is 9.84. The Balaban J connectivity index is 2.11. The highest BCUT2D eigenvalue weighted by atomic mass is 19.2. The molecule has 1 aliphatic carbocycles. The van der Waals surface area contributed by atoms with Crippen LogP contribution in [0.15, 0.2) is 24.3 Å². The number of phenolic OH excluding ortho intramolecular Hbond substituents is 1. The SMILES string of the molecule is N=Cc1c(N)ccc2nc(-c3ccc(O)c(F)c3F)c3c(c12)CCCC3. The van der Waals surface area contributed by atoms with Crippen LogP contribution in [-0.2, 0) is 12.8 Å². The highest BCUT2D eigenvalue weighted by Gasteiger charge is 2.24. The van der Waals surface area contributed by atoms with Crippen LogP contribution in [0.25, 0.3) is 22.2 Å². The number of rotatable bonds is 2. The predicted molar refractivity (Wildman–Crippen MR) is 97.7 cm³/mol. The van der Waals surface area contributed by atoms with E-state index in [0.29, 0.717) is 28.9 Å². The maximum absolute atomic E-state index is 14.5. The van der Waals surface area contributed by atoms with E-state index >= 15 is 0 Å². The number of anilines is 1. The maximum Gasteiger partial charge on any atom is 0.201 e. The molecule has 132 valence electrons. The molecule has 3 aromatic rings. The molecule has 0 radical (unpaired) electrons. The molecule has 4 N–H and O–H groups in total. The van der Waals surface area contributed by atoms with Crippen LogP contribution in [0.5, 0.6) is 5.75 Å². The van der Waals surface area contributed by atoms with Gasteiger partial charge >= 0.3 is 0 Å². The largest absolute Gasteiger partial charge is 0.505 e. The number of nitrogens with zero attached hydrogens (tertiary/aromatic N) is 1. The third-order valence-corrected chi connectivity index (χ3v) is 5.01. The highest BCUT2D eigenvalue weighted by molar-refractivity contribution is 6.05. The summed E-state index contributed by atoms with van der Waals surface area (Å²) in [6, 6.07) is 5.90. The third-order valence-electron chi connectivity index (χ3n) is 5.01. The van der Waals surface area contributed by atoms with Gasteiger partial charge in [-0.15, -0.1) is 0 Å². The number of aromatic hydroxyl groups is 1. The molecule has 1 aromatic heterocycles. The molecule has 0 amide bonds. The number of hydrogen-bond acceptors (Lipinski definition) is 4. The average Bonchev–Trinajstić information content (AvgIpc) is 2.66. The monoisotopic (exact) mass is 353 g/mol. The molecule has 2 aromatic carbocycles. The molecule has 6 heteroatoms. The molecule has 0 spiro atoms. The van der Waals surface area contributed by atoms with Crippen LogP contribution < -0.4 is 5.73 Å². The Morgan fingerprint density at radius 3 is 2.50 bits per heavy atom. The normalized spacial score (nSPS) is 13.6. The van der Waals surface area contributed by atoms with Gasteiger partial charge in [0.05, 0.1) is 11.2 Å². The van der Waals surface area contributed by atoms with Crippen molar-refractivity contribution < 1.29 is 13.9 Å². The highest BCUT2D eigenvalue weighted by Crippen LogP contribution is 2.39. The maximum atomic E-state index is 14.5. The van der Waals surface area contributed by atoms with Gasteiger partial charge in [-0.1, -0.05) is 0 Å². The van der Waals surface area contributed by atoms with Crippen molar-refractivity contribution in [3.05, 3.63) is 52.6 Å². The number of hydrogen-bond donors (Lipinski definition) is 3. The van der Waals surface area contributed by atoms with Gasteiger partial charge in [-0.05, 0) is 61.1 Å². The van der Waals surface area contributed by atoms with E-state index < -0.39 is 17.4 Å². The van der Waals surface area contributed by atoms with E-state index in [2.05, 4.69) is 4.98 Å². The second-order valence-electron chi connectivity index (χ2n) is 6.49. The summed E-state index contributed by atoms with van der Waals surface area (Å²) in [5.74, 6) is -3.10. The van der Waals surface area contributed by atoms with Crippen LogP contribution in [-0.4, -0.2) is 16.3 Å². The number of halogens is 2. The first kappa shape index (κ1) is 16.4.